The quantitative estimate of drug-likeness (QED) is 0.401. The number of carbonyl (C=O) groups excluding carboxylic acids is 1. The van der Waals surface area contributed by atoms with Gasteiger partial charge in [-0.15, -0.1) is 0 Å². The van der Waals surface area contributed by atoms with Gasteiger partial charge in [0.05, 0.1) is 0 Å². The van der Waals surface area contributed by atoms with Crippen molar-refractivity contribution in [3.05, 3.63) is 35.9 Å². The Hall–Kier alpha value is -1.39. The van der Waals surface area contributed by atoms with Gasteiger partial charge in [-0.25, -0.2) is 5.84 Å². The van der Waals surface area contributed by atoms with Crippen LogP contribution in [0.15, 0.2) is 30.3 Å². The zero-order valence-electron chi connectivity index (χ0n) is 7.36. The highest BCUT2D eigenvalue weighted by Gasteiger charge is 2.17. The van der Waals surface area contributed by atoms with Gasteiger partial charge in [-0.2, -0.15) is 0 Å². The molecule has 3 N–H and O–H groups in total. The predicted molar refractivity (Wildman–Crippen MR) is 48.5 cm³/mol. The molecule has 1 rings (SSSR count). The van der Waals surface area contributed by atoms with Crippen molar-refractivity contribution in [2.24, 2.45) is 5.84 Å². The summed E-state index contributed by atoms with van der Waals surface area (Å²) in [7, 11) is 1.47. The second-order valence-electron chi connectivity index (χ2n) is 2.54. The van der Waals surface area contributed by atoms with E-state index in [4.69, 9.17) is 10.6 Å². The Morgan fingerprint density at radius 1 is 1.46 bits per heavy atom. The molecule has 1 atom stereocenters. The molecule has 4 heteroatoms. The van der Waals surface area contributed by atoms with Crippen LogP contribution in [-0.4, -0.2) is 13.0 Å². The fourth-order valence-electron chi connectivity index (χ4n) is 1.10. The highest BCUT2D eigenvalue weighted by molar-refractivity contribution is 5.81. The molecule has 0 bridgehead atoms. The van der Waals surface area contributed by atoms with Gasteiger partial charge in [-0.3, -0.25) is 10.2 Å². The van der Waals surface area contributed by atoms with E-state index in [2.05, 4.69) is 5.43 Å². The molecule has 0 aliphatic carbocycles. The van der Waals surface area contributed by atoms with E-state index in [1.807, 2.05) is 30.3 Å². The Bertz CT molecular complexity index is 274. The first kappa shape index (κ1) is 9.70. The molecule has 0 spiro atoms. The summed E-state index contributed by atoms with van der Waals surface area (Å²) in [5, 5.41) is 0. The van der Waals surface area contributed by atoms with E-state index in [1.54, 1.807) is 0 Å². The maximum Gasteiger partial charge on any atom is 0.267 e. The van der Waals surface area contributed by atoms with Crippen LogP contribution in [0.3, 0.4) is 0 Å². The van der Waals surface area contributed by atoms with E-state index >= 15 is 0 Å². The summed E-state index contributed by atoms with van der Waals surface area (Å²) in [5.41, 5.74) is 2.84. The number of nitrogens with two attached hydrogens (primary N) is 1. The van der Waals surface area contributed by atoms with Crippen LogP contribution < -0.4 is 11.3 Å². The molecule has 0 aliphatic heterocycles. The van der Waals surface area contributed by atoms with Gasteiger partial charge in [-0.1, -0.05) is 30.3 Å². The van der Waals surface area contributed by atoms with E-state index < -0.39 is 6.10 Å². The number of benzene rings is 1. The zero-order chi connectivity index (χ0) is 9.68. The number of nitrogens with one attached hydrogen (secondary N) is 1. The van der Waals surface area contributed by atoms with Crippen LogP contribution in [0.5, 0.6) is 0 Å². The van der Waals surface area contributed by atoms with Crippen molar-refractivity contribution in [2.75, 3.05) is 7.11 Å². The normalized spacial score (nSPS) is 12.2. The van der Waals surface area contributed by atoms with Crippen molar-refractivity contribution in [3.63, 3.8) is 0 Å². The first-order valence-electron chi connectivity index (χ1n) is 3.87. The van der Waals surface area contributed by atoms with Crippen molar-refractivity contribution in [2.45, 2.75) is 6.10 Å². The molecule has 1 aromatic carbocycles. The van der Waals surface area contributed by atoms with Gasteiger partial charge in [-0.05, 0) is 5.56 Å². The maximum atomic E-state index is 11.2. The number of hydrazine groups is 1. The molecule has 0 radical (unpaired) electrons. The number of carbonyl (C=O) groups is 1. The average molecular weight is 180 g/mol. The minimum atomic E-state index is -0.633. The van der Waals surface area contributed by atoms with Crippen molar-refractivity contribution in [1.82, 2.24) is 5.43 Å². The zero-order valence-corrected chi connectivity index (χ0v) is 7.36. The van der Waals surface area contributed by atoms with Crippen LogP contribution in [0.25, 0.3) is 0 Å². The highest BCUT2D eigenvalue weighted by Crippen LogP contribution is 2.15. The fraction of sp³-hybridized carbons (Fsp3) is 0.222. The van der Waals surface area contributed by atoms with Gasteiger partial charge >= 0.3 is 0 Å². The van der Waals surface area contributed by atoms with E-state index in [0.29, 0.717) is 0 Å². The number of rotatable bonds is 3. The molecule has 0 fully saturated rings. The third-order valence-electron chi connectivity index (χ3n) is 1.72. The van der Waals surface area contributed by atoms with Gasteiger partial charge in [0.2, 0.25) is 0 Å². The van der Waals surface area contributed by atoms with E-state index in [9.17, 15) is 4.79 Å². The van der Waals surface area contributed by atoms with Crippen LogP contribution in [0.1, 0.15) is 11.7 Å². The van der Waals surface area contributed by atoms with Gasteiger partial charge in [0.15, 0.2) is 6.10 Å². The van der Waals surface area contributed by atoms with E-state index in [1.165, 1.54) is 7.11 Å². The molecular weight excluding hydrogens is 168 g/mol. The van der Waals surface area contributed by atoms with Crippen molar-refractivity contribution in [1.29, 1.82) is 0 Å². The van der Waals surface area contributed by atoms with Crippen LogP contribution in [0.4, 0.5) is 0 Å². The van der Waals surface area contributed by atoms with Gasteiger partial charge < -0.3 is 4.74 Å². The SMILES string of the molecule is CO[C@@H](C(=O)NN)c1ccccc1. The topological polar surface area (TPSA) is 64.3 Å². The lowest BCUT2D eigenvalue weighted by Gasteiger charge is -2.12. The summed E-state index contributed by atoms with van der Waals surface area (Å²) in [6.45, 7) is 0. The van der Waals surface area contributed by atoms with Gasteiger partial charge in [0, 0.05) is 7.11 Å². The Labute approximate surface area is 76.7 Å². The first-order chi connectivity index (χ1) is 6.29. The maximum absolute atomic E-state index is 11.2. The molecule has 0 saturated heterocycles. The summed E-state index contributed by atoms with van der Waals surface area (Å²) in [6, 6.07) is 9.17. The third kappa shape index (κ3) is 2.27. The summed E-state index contributed by atoms with van der Waals surface area (Å²) in [6.07, 6.45) is -0.633. The highest BCUT2D eigenvalue weighted by atomic mass is 16.5. The fourth-order valence-corrected chi connectivity index (χ4v) is 1.10. The van der Waals surface area contributed by atoms with Gasteiger partial charge in [0.25, 0.3) is 5.91 Å². The number of amides is 1. The Balaban J connectivity index is 2.85. The lowest BCUT2D eigenvalue weighted by atomic mass is 10.1. The van der Waals surface area contributed by atoms with Crippen molar-refractivity contribution < 1.29 is 9.53 Å². The summed E-state index contributed by atoms with van der Waals surface area (Å²) >= 11 is 0. The average Bonchev–Trinajstić information content (AvgIpc) is 2.20. The van der Waals surface area contributed by atoms with E-state index in [0.717, 1.165) is 5.56 Å². The number of ether oxygens (including phenoxy) is 1. The molecule has 1 aromatic rings. The Kier molecular flexibility index (Phi) is 3.42. The molecule has 0 unspecified atom stereocenters. The summed E-state index contributed by atoms with van der Waals surface area (Å²) in [5.74, 6) is 4.65. The lowest BCUT2D eigenvalue weighted by molar-refractivity contribution is -0.131. The summed E-state index contributed by atoms with van der Waals surface area (Å²) < 4.78 is 5.00. The van der Waals surface area contributed by atoms with Gasteiger partial charge in [0.1, 0.15) is 0 Å². The minimum Gasteiger partial charge on any atom is -0.367 e. The molecule has 0 aliphatic rings. The Morgan fingerprint density at radius 2 is 2.08 bits per heavy atom. The number of hydrogen-bond acceptors (Lipinski definition) is 3. The van der Waals surface area contributed by atoms with Crippen LogP contribution in [0.2, 0.25) is 0 Å². The van der Waals surface area contributed by atoms with Crippen LogP contribution >= 0.6 is 0 Å². The first-order valence-corrected chi connectivity index (χ1v) is 3.87. The largest absolute Gasteiger partial charge is 0.367 e. The molecule has 13 heavy (non-hydrogen) atoms. The molecular formula is C9H12N2O2. The molecule has 0 aromatic heterocycles. The smallest absolute Gasteiger partial charge is 0.267 e. The molecule has 4 nitrogen and oxygen atoms in total. The molecule has 0 saturated carbocycles. The second kappa shape index (κ2) is 4.59. The molecule has 70 valence electrons. The number of methoxy groups -OCH3 is 1. The lowest BCUT2D eigenvalue weighted by Crippen LogP contribution is -2.35. The minimum absolute atomic E-state index is 0.353. The third-order valence-corrected chi connectivity index (χ3v) is 1.72. The Morgan fingerprint density at radius 3 is 2.54 bits per heavy atom. The van der Waals surface area contributed by atoms with Crippen molar-refractivity contribution in [3.8, 4) is 0 Å². The summed E-state index contributed by atoms with van der Waals surface area (Å²) in [4.78, 5) is 11.2. The van der Waals surface area contributed by atoms with E-state index in [-0.39, 0.29) is 5.91 Å². The number of hydrogen-bond donors (Lipinski definition) is 2. The predicted octanol–water partition coefficient (Wildman–Crippen LogP) is 0.364. The van der Waals surface area contributed by atoms with Crippen LogP contribution in [0, 0.1) is 0 Å². The van der Waals surface area contributed by atoms with Crippen LogP contribution in [-0.2, 0) is 9.53 Å². The molecule has 0 heterocycles. The monoisotopic (exact) mass is 180 g/mol. The molecule has 1 amide bonds. The second-order valence-corrected chi connectivity index (χ2v) is 2.54. The van der Waals surface area contributed by atoms with Crippen molar-refractivity contribution >= 4 is 5.91 Å². The standard InChI is InChI=1S/C9H12N2O2/c1-13-8(9(12)11-10)7-5-3-2-4-6-7/h2-6,8H,10H2,1H3,(H,11,12)/t8-/m1/s1.